The zero-order valence-corrected chi connectivity index (χ0v) is 30.7. The number of allylic oxidation sites excluding steroid dienone is 6. The minimum Gasteiger partial charge on any atom is -0.462 e. The van der Waals surface area contributed by atoms with Crippen LogP contribution in [0, 0.1) is 0 Å². The Labute approximate surface area is 286 Å². The maximum absolute atomic E-state index is 12.5. The molecule has 0 heterocycles. The van der Waals surface area contributed by atoms with Crippen molar-refractivity contribution < 1.29 is 37.6 Å². The number of esters is 2. The minimum atomic E-state index is -4.38. The first-order valence-corrected chi connectivity index (χ1v) is 20.0. The van der Waals surface area contributed by atoms with Gasteiger partial charge in [0.1, 0.15) is 6.61 Å². The van der Waals surface area contributed by atoms with Crippen molar-refractivity contribution >= 4 is 19.8 Å². The molecule has 0 saturated heterocycles. The number of rotatable bonds is 34. The van der Waals surface area contributed by atoms with Crippen LogP contribution in [0.3, 0.4) is 0 Å². The standard InChI is InChI=1S/C37H68NO8P/c1-3-5-7-9-11-13-15-16-17-18-20-22-24-26-28-30-37(40)46-35(34-45-47(41,42)44-32-31-38)33-43-36(39)29-27-25-23-21-19-14-12-10-8-6-4-2/h11,13,16-17,20,22,35H,3-10,12,14-15,18-19,21,23-34,38H2,1-2H3,(H,41,42). The summed E-state index contributed by atoms with van der Waals surface area (Å²) < 4.78 is 32.5. The molecule has 0 fully saturated rings. The van der Waals surface area contributed by atoms with Crippen molar-refractivity contribution in [3.63, 3.8) is 0 Å². The molecule has 3 N–H and O–H groups in total. The van der Waals surface area contributed by atoms with Crippen molar-refractivity contribution in [2.75, 3.05) is 26.4 Å². The monoisotopic (exact) mass is 685 g/mol. The summed E-state index contributed by atoms with van der Waals surface area (Å²) >= 11 is 0. The largest absolute Gasteiger partial charge is 0.472 e. The zero-order valence-electron chi connectivity index (χ0n) is 29.8. The number of carbonyl (C=O) groups excluding carboxylic acids is 2. The molecule has 0 aliphatic heterocycles. The Bertz CT molecular complexity index is 876. The molecule has 47 heavy (non-hydrogen) atoms. The maximum Gasteiger partial charge on any atom is 0.472 e. The molecule has 0 aromatic carbocycles. The van der Waals surface area contributed by atoms with E-state index in [1.165, 1.54) is 70.6 Å². The van der Waals surface area contributed by atoms with Crippen LogP contribution in [0.25, 0.3) is 0 Å². The number of unbranched alkanes of at least 4 members (excludes halogenated alkanes) is 15. The third kappa shape index (κ3) is 33.9. The number of phosphoric acid groups is 1. The Hall–Kier alpha value is -1.77. The highest BCUT2D eigenvalue weighted by molar-refractivity contribution is 7.47. The van der Waals surface area contributed by atoms with Gasteiger partial charge >= 0.3 is 19.8 Å². The SMILES string of the molecule is CCCCCC=CCC=CCC=CCCCCC(=O)OC(COC(=O)CCCCCCCCCCCCC)COP(=O)(O)OCCN. The van der Waals surface area contributed by atoms with Crippen LogP contribution in [0.5, 0.6) is 0 Å². The second-order valence-electron chi connectivity index (χ2n) is 12.1. The molecule has 0 spiro atoms. The summed E-state index contributed by atoms with van der Waals surface area (Å²) in [6.07, 6.45) is 34.6. The lowest BCUT2D eigenvalue weighted by Gasteiger charge is -2.19. The molecule has 9 nitrogen and oxygen atoms in total. The van der Waals surface area contributed by atoms with E-state index in [-0.39, 0.29) is 32.6 Å². The van der Waals surface area contributed by atoms with Crippen molar-refractivity contribution in [2.45, 2.75) is 161 Å². The van der Waals surface area contributed by atoms with Crippen LogP contribution >= 0.6 is 7.82 Å². The number of ether oxygens (including phenoxy) is 2. The van der Waals surface area contributed by atoms with Crippen molar-refractivity contribution in [3.8, 4) is 0 Å². The van der Waals surface area contributed by atoms with Crippen LogP contribution in [-0.4, -0.2) is 49.3 Å². The van der Waals surface area contributed by atoms with Crippen LogP contribution in [-0.2, 0) is 32.7 Å². The number of hydrogen-bond acceptors (Lipinski definition) is 8. The van der Waals surface area contributed by atoms with E-state index in [0.717, 1.165) is 51.4 Å². The molecule has 0 aliphatic rings. The first kappa shape index (κ1) is 45.2. The van der Waals surface area contributed by atoms with Crippen LogP contribution in [0.15, 0.2) is 36.5 Å². The molecule has 0 aromatic heterocycles. The fraction of sp³-hybridized carbons (Fsp3) is 0.784. The quantitative estimate of drug-likeness (QED) is 0.0294. The summed E-state index contributed by atoms with van der Waals surface area (Å²) in [5, 5.41) is 0. The van der Waals surface area contributed by atoms with Gasteiger partial charge in [-0.15, -0.1) is 0 Å². The molecule has 2 atom stereocenters. The van der Waals surface area contributed by atoms with Crippen LogP contribution in [0.1, 0.15) is 155 Å². The normalized spacial score (nSPS) is 13.9. The molecule has 2 unspecified atom stereocenters. The Morgan fingerprint density at radius 2 is 1.11 bits per heavy atom. The third-order valence-corrected chi connectivity index (χ3v) is 8.51. The minimum absolute atomic E-state index is 0.0473. The Morgan fingerprint density at radius 1 is 0.638 bits per heavy atom. The van der Waals surface area contributed by atoms with Crippen molar-refractivity contribution in [1.29, 1.82) is 0 Å². The molecule has 0 aliphatic carbocycles. The van der Waals surface area contributed by atoms with E-state index in [1.54, 1.807) is 0 Å². The van der Waals surface area contributed by atoms with E-state index >= 15 is 0 Å². The van der Waals surface area contributed by atoms with Crippen molar-refractivity contribution in [1.82, 2.24) is 0 Å². The average molecular weight is 686 g/mol. The highest BCUT2D eigenvalue weighted by atomic mass is 31.2. The summed E-state index contributed by atoms with van der Waals surface area (Å²) in [4.78, 5) is 34.6. The van der Waals surface area contributed by atoms with Gasteiger partial charge in [-0.1, -0.05) is 127 Å². The van der Waals surface area contributed by atoms with E-state index in [2.05, 4.69) is 50.3 Å². The highest BCUT2D eigenvalue weighted by Crippen LogP contribution is 2.43. The Balaban J connectivity index is 4.33. The van der Waals surface area contributed by atoms with Gasteiger partial charge in [0.15, 0.2) is 6.10 Å². The number of nitrogens with two attached hydrogens (primary N) is 1. The number of carbonyl (C=O) groups is 2. The van der Waals surface area contributed by atoms with Gasteiger partial charge in [-0.25, -0.2) is 4.57 Å². The van der Waals surface area contributed by atoms with E-state index in [4.69, 9.17) is 24.3 Å². The molecular formula is C37H68NO8P. The van der Waals surface area contributed by atoms with Gasteiger partial charge in [0.05, 0.1) is 13.2 Å². The summed E-state index contributed by atoms with van der Waals surface area (Å²) in [5.74, 6) is -0.876. The summed E-state index contributed by atoms with van der Waals surface area (Å²) in [6, 6.07) is 0. The van der Waals surface area contributed by atoms with Gasteiger partial charge in [0, 0.05) is 19.4 Å². The van der Waals surface area contributed by atoms with Crippen LogP contribution < -0.4 is 5.73 Å². The second kappa shape index (κ2) is 34.1. The zero-order chi connectivity index (χ0) is 34.7. The molecule has 0 rings (SSSR count). The highest BCUT2D eigenvalue weighted by Gasteiger charge is 2.25. The van der Waals surface area contributed by atoms with Gasteiger partial charge in [-0.05, 0) is 51.4 Å². The molecule has 0 bridgehead atoms. The van der Waals surface area contributed by atoms with E-state index in [0.29, 0.717) is 6.42 Å². The van der Waals surface area contributed by atoms with Gasteiger partial charge < -0.3 is 20.1 Å². The predicted octanol–water partition coefficient (Wildman–Crippen LogP) is 9.82. The molecule has 274 valence electrons. The summed E-state index contributed by atoms with van der Waals surface area (Å²) in [6.45, 7) is 3.63. The Morgan fingerprint density at radius 3 is 1.68 bits per heavy atom. The molecule has 10 heteroatoms. The summed E-state index contributed by atoms with van der Waals surface area (Å²) in [5.41, 5.74) is 5.32. The molecule has 0 radical (unpaired) electrons. The van der Waals surface area contributed by atoms with Crippen molar-refractivity contribution in [3.05, 3.63) is 36.5 Å². The van der Waals surface area contributed by atoms with Gasteiger partial charge in [-0.2, -0.15) is 0 Å². The lowest BCUT2D eigenvalue weighted by Crippen LogP contribution is -2.29. The molecule has 0 saturated carbocycles. The van der Waals surface area contributed by atoms with Crippen LogP contribution in [0.2, 0.25) is 0 Å². The van der Waals surface area contributed by atoms with Crippen molar-refractivity contribution in [2.24, 2.45) is 5.73 Å². The molecule has 0 amide bonds. The molecule has 0 aromatic rings. The van der Waals surface area contributed by atoms with Gasteiger partial charge in [0.2, 0.25) is 0 Å². The predicted molar refractivity (Wildman–Crippen MR) is 192 cm³/mol. The van der Waals surface area contributed by atoms with Gasteiger partial charge in [-0.3, -0.25) is 18.6 Å². The summed E-state index contributed by atoms with van der Waals surface area (Å²) in [7, 11) is -4.38. The lowest BCUT2D eigenvalue weighted by atomic mass is 10.1. The average Bonchev–Trinajstić information content (AvgIpc) is 3.05. The number of phosphoric ester groups is 1. The first-order valence-electron chi connectivity index (χ1n) is 18.5. The fourth-order valence-electron chi connectivity index (χ4n) is 4.76. The third-order valence-electron chi connectivity index (χ3n) is 7.53. The maximum atomic E-state index is 12.5. The molecular weight excluding hydrogens is 617 g/mol. The van der Waals surface area contributed by atoms with E-state index in [1.807, 2.05) is 0 Å². The topological polar surface area (TPSA) is 134 Å². The van der Waals surface area contributed by atoms with Gasteiger partial charge in [0.25, 0.3) is 0 Å². The fourth-order valence-corrected chi connectivity index (χ4v) is 5.52. The lowest BCUT2D eigenvalue weighted by molar-refractivity contribution is -0.161. The van der Waals surface area contributed by atoms with E-state index in [9.17, 15) is 19.0 Å². The number of hydrogen-bond donors (Lipinski definition) is 2. The van der Waals surface area contributed by atoms with E-state index < -0.39 is 32.5 Å². The first-order chi connectivity index (χ1) is 22.8. The second-order valence-corrected chi connectivity index (χ2v) is 13.5. The smallest absolute Gasteiger partial charge is 0.462 e. The Kier molecular flexibility index (Phi) is 32.8. The van der Waals surface area contributed by atoms with Crippen LogP contribution in [0.4, 0.5) is 0 Å².